The fourth-order valence-electron chi connectivity index (χ4n) is 3.90. The van der Waals surface area contributed by atoms with E-state index in [4.69, 9.17) is 9.47 Å². The van der Waals surface area contributed by atoms with Crippen LogP contribution in [0.4, 0.5) is 0 Å². The van der Waals surface area contributed by atoms with Gasteiger partial charge < -0.3 is 14.8 Å². The van der Waals surface area contributed by atoms with E-state index in [2.05, 4.69) is 72.0 Å². The smallest absolute Gasteiger partial charge is 0.119 e. The largest absolute Gasteiger partial charge is 0.494 e. The molecule has 0 saturated carbocycles. The number of rotatable bonds is 6. The first-order valence-electron chi connectivity index (χ1n) is 9.86. The molecule has 3 aromatic rings. The average Bonchev–Trinajstić information content (AvgIpc) is 2.73. The molecule has 1 fully saturated rings. The molecular weight excluding hydrogens is 334 g/mol. The third-order valence-corrected chi connectivity index (χ3v) is 5.32. The van der Waals surface area contributed by atoms with Crippen LogP contribution in [0.3, 0.4) is 0 Å². The highest BCUT2D eigenvalue weighted by Crippen LogP contribution is 2.30. The molecule has 4 rings (SSSR count). The molecule has 0 radical (unpaired) electrons. The summed E-state index contributed by atoms with van der Waals surface area (Å²) in [7, 11) is 0. The molecular formula is C24H27NO2. The first-order valence-corrected chi connectivity index (χ1v) is 9.86. The third-order valence-electron chi connectivity index (χ3n) is 5.32. The molecule has 1 saturated heterocycles. The Hall–Kier alpha value is -2.36. The Bertz CT molecular complexity index is 875. The van der Waals surface area contributed by atoms with Crippen molar-refractivity contribution in [1.29, 1.82) is 0 Å². The summed E-state index contributed by atoms with van der Waals surface area (Å²) in [5.74, 6) is 1.35. The zero-order valence-corrected chi connectivity index (χ0v) is 15.9. The second-order valence-corrected chi connectivity index (χ2v) is 7.13. The maximum Gasteiger partial charge on any atom is 0.119 e. The summed E-state index contributed by atoms with van der Waals surface area (Å²) in [5, 5.41) is 6.02. The van der Waals surface area contributed by atoms with E-state index in [1.807, 2.05) is 6.92 Å². The van der Waals surface area contributed by atoms with Gasteiger partial charge in [-0.1, -0.05) is 48.5 Å². The molecule has 0 bridgehead atoms. The predicted octanol–water partition coefficient (Wildman–Crippen LogP) is 4.90. The first kappa shape index (κ1) is 18.0. The van der Waals surface area contributed by atoms with Gasteiger partial charge in [0.1, 0.15) is 5.75 Å². The lowest BCUT2D eigenvalue weighted by Gasteiger charge is -2.32. The summed E-state index contributed by atoms with van der Waals surface area (Å²) in [5.41, 5.74) is 2.56. The van der Waals surface area contributed by atoms with Crippen LogP contribution >= 0.6 is 0 Å². The van der Waals surface area contributed by atoms with Crippen molar-refractivity contribution < 1.29 is 9.47 Å². The van der Waals surface area contributed by atoms with Gasteiger partial charge in [-0.2, -0.15) is 0 Å². The molecule has 27 heavy (non-hydrogen) atoms. The Morgan fingerprint density at radius 1 is 0.963 bits per heavy atom. The molecule has 0 spiro atoms. The zero-order chi connectivity index (χ0) is 18.5. The van der Waals surface area contributed by atoms with Crippen LogP contribution in [0.5, 0.6) is 5.75 Å². The average molecular weight is 361 g/mol. The minimum Gasteiger partial charge on any atom is -0.494 e. The molecule has 1 heterocycles. The van der Waals surface area contributed by atoms with E-state index >= 15 is 0 Å². The Morgan fingerprint density at radius 2 is 1.78 bits per heavy atom. The molecule has 1 N–H and O–H groups in total. The number of benzene rings is 3. The van der Waals surface area contributed by atoms with E-state index in [-0.39, 0.29) is 6.10 Å². The number of hydrogen-bond acceptors (Lipinski definition) is 3. The van der Waals surface area contributed by atoms with Crippen LogP contribution in [0.2, 0.25) is 0 Å². The Kier molecular flexibility index (Phi) is 5.71. The van der Waals surface area contributed by atoms with Crippen molar-refractivity contribution in [2.45, 2.75) is 32.0 Å². The molecule has 0 aliphatic carbocycles. The first-order chi connectivity index (χ1) is 13.3. The van der Waals surface area contributed by atoms with Gasteiger partial charge in [-0.25, -0.2) is 0 Å². The van der Waals surface area contributed by atoms with E-state index in [0.717, 1.165) is 25.3 Å². The number of ether oxygens (including phenoxy) is 2. The molecule has 1 aliphatic rings. The fourth-order valence-corrected chi connectivity index (χ4v) is 3.90. The summed E-state index contributed by atoms with van der Waals surface area (Å²) in [4.78, 5) is 0. The Morgan fingerprint density at radius 3 is 2.59 bits per heavy atom. The van der Waals surface area contributed by atoms with Gasteiger partial charge in [0, 0.05) is 12.5 Å². The van der Waals surface area contributed by atoms with Gasteiger partial charge in [0.05, 0.1) is 19.3 Å². The number of nitrogens with one attached hydrogen (secondary N) is 1. The molecule has 0 aromatic heterocycles. The van der Waals surface area contributed by atoms with Gasteiger partial charge in [0.15, 0.2) is 0 Å². The molecule has 2 atom stereocenters. The van der Waals surface area contributed by atoms with E-state index < -0.39 is 0 Å². The number of hydrogen-bond donors (Lipinski definition) is 1. The van der Waals surface area contributed by atoms with Crippen LogP contribution in [0.25, 0.3) is 10.8 Å². The summed E-state index contributed by atoms with van der Waals surface area (Å²) < 4.78 is 11.9. The molecule has 3 heteroatoms. The van der Waals surface area contributed by atoms with Crippen LogP contribution in [0.1, 0.15) is 30.4 Å². The highest BCUT2D eigenvalue weighted by molar-refractivity contribution is 5.82. The quantitative estimate of drug-likeness (QED) is 0.677. The van der Waals surface area contributed by atoms with Crippen molar-refractivity contribution in [1.82, 2.24) is 5.32 Å². The van der Waals surface area contributed by atoms with Crippen LogP contribution in [0.15, 0.2) is 66.7 Å². The van der Waals surface area contributed by atoms with Gasteiger partial charge in [-0.05, 0) is 60.0 Å². The molecule has 2 unspecified atom stereocenters. The normalized spacial score (nSPS) is 19.9. The van der Waals surface area contributed by atoms with Crippen LogP contribution in [-0.4, -0.2) is 25.8 Å². The molecule has 3 aromatic carbocycles. The monoisotopic (exact) mass is 361 g/mol. The van der Waals surface area contributed by atoms with Crippen molar-refractivity contribution in [2.24, 2.45) is 0 Å². The predicted molar refractivity (Wildman–Crippen MR) is 110 cm³/mol. The summed E-state index contributed by atoms with van der Waals surface area (Å²) >= 11 is 0. The third kappa shape index (κ3) is 4.32. The van der Waals surface area contributed by atoms with Crippen molar-refractivity contribution in [2.75, 3.05) is 19.7 Å². The summed E-state index contributed by atoms with van der Waals surface area (Å²) in [6, 6.07) is 23.6. The minimum atomic E-state index is 0.183. The van der Waals surface area contributed by atoms with Crippen LogP contribution in [0, 0.1) is 0 Å². The van der Waals surface area contributed by atoms with Crippen LogP contribution in [-0.2, 0) is 11.3 Å². The topological polar surface area (TPSA) is 30.5 Å². The molecule has 140 valence electrons. The lowest BCUT2D eigenvalue weighted by atomic mass is 9.87. The standard InChI is InChI=1S/C24H27NO2/c1-2-26-22-11-9-20(10-12-22)23-13-14-25-16-24(23)27-17-18-7-8-19-5-3-4-6-21(19)15-18/h3-12,15,23-25H,2,13-14,16-17H2,1H3. The maximum atomic E-state index is 6.37. The number of fused-ring (bicyclic) bond motifs is 1. The summed E-state index contributed by atoms with van der Waals surface area (Å²) in [6.45, 7) is 5.28. The van der Waals surface area contributed by atoms with Crippen molar-refractivity contribution in [3.63, 3.8) is 0 Å². The highest BCUT2D eigenvalue weighted by atomic mass is 16.5. The van der Waals surface area contributed by atoms with E-state index in [1.165, 1.54) is 21.9 Å². The molecule has 0 amide bonds. The van der Waals surface area contributed by atoms with E-state index in [0.29, 0.717) is 19.1 Å². The van der Waals surface area contributed by atoms with E-state index in [9.17, 15) is 0 Å². The Labute approximate surface area is 161 Å². The lowest BCUT2D eigenvalue weighted by Crippen LogP contribution is -2.40. The van der Waals surface area contributed by atoms with Crippen molar-refractivity contribution in [3.8, 4) is 5.75 Å². The van der Waals surface area contributed by atoms with Gasteiger partial charge >= 0.3 is 0 Å². The van der Waals surface area contributed by atoms with Gasteiger partial charge in [-0.3, -0.25) is 0 Å². The van der Waals surface area contributed by atoms with E-state index in [1.54, 1.807) is 0 Å². The SMILES string of the molecule is CCOc1ccc(C2CCNCC2OCc2ccc3ccccc3c2)cc1. The fraction of sp³-hybridized carbons (Fsp3) is 0.333. The minimum absolute atomic E-state index is 0.183. The van der Waals surface area contributed by atoms with Crippen LogP contribution < -0.4 is 10.1 Å². The van der Waals surface area contributed by atoms with Crippen molar-refractivity contribution in [3.05, 3.63) is 77.9 Å². The van der Waals surface area contributed by atoms with Gasteiger partial charge in [-0.15, -0.1) is 0 Å². The second kappa shape index (κ2) is 8.55. The maximum absolute atomic E-state index is 6.37. The Balaban J connectivity index is 1.45. The second-order valence-electron chi connectivity index (χ2n) is 7.13. The van der Waals surface area contributed by atoms with Crippen molar-refractivity contribution >= 4 is 10.8 Å². The molecule has 1 aliphatic heterocycles. The summed E-state index contributed by atoms with van der Waals surface area (Å²) in [6.07, 6.45) is 1.28. The van der Waals surface area contributed by atoms with Gasteiger partial charge in [0.25, 0.3) is 0 Å². The lowest BCUT2D eigenvalue weighted by molar-refractivity contribution is 0.0106. The molecule has 3 nitrogen and oxygen atoms in total. The zero-order valence-electron chi connectivity index (χ0n) is 15.9. The number of piperidine rings is 1. The highest BCUT2D eigenvalue weighted by Gasteiger charge is 2.27. The van der Waals surface area contributed by atoms with Gasteiger partial charge in [0.2, 0.25) is 0 Å².